The third kappa shape index (κ3) is 3.20. The maximum atomic E-state index is 10.7. The predicted molar refractivity (Wildman–Crippen MR) is 79.0 cm³/mol. The van der Waals surface area contributed by atoms with Gasteiger partial charge in [0.05, 0.1) is 18.2 Å². The highest BCUT2D eigenvalue weighted by Gasteiger charge is 2.32. The zero-order valence-corrected chi connectivity index (χ0v) is 11.6. The number of β-amino-alcohol motifs (C(OH)–C–C–N with tert-alkyl or cyclic N) is 1. The molecule has 21 heavy (non-hydrogen) atoms. The lowest BCUT2D eigenvalue weighted by atomic mass is 9.99. The van der Waals surface area contributed by atoms with Crippen molar-refractivity contribution in [3.8, 4) is 0 Å². The second-order valence-corrected chi connectivity index (χ2v) is 5.61. The summed E-state index contributed by atoms with van der Waals surface area (Å²) in [5.41, 5.74) is 1.89. The second kappa shape index (κ2) is 5.79. The van der Waals surface area contributed by atoms with Crippen LogP contribution in [-0.2, 0) is 11.2 Å². The Hall–Kier alpha value is -1.98. The number of hydrogen-bond acceptors (Lipinski definition) is 4. The van der Waals surface area contributed by atoms with Crippen LogP contribution < -0.4 is 0 Å². The lowest BCUT2D eigenvalue weighted by molar-refractivity contribution is -0.138. The fourth-order valence-corrected chi connectivity index (χ4v) is 2.95. The van der Waals surface area contributed by atoms with Gasteiger partial charge in [0.15, 0.2) is 0 Å². The number of aromatic nitrogens is 1. The van der Waals surface area contributed by atoms with Crippen LogP contribution in [0.5, 0.6) is 0 Å². The van der Waals surface area contributed by atoms with E-state index in [1.54, 1.807) is 4.90 Å². The Morgan fingerprint density at radius 3 is 2.86 bits per heavy atom. The largest absolute Gasteiger partial charge is 0.480 e. The van der Waals surface area contributed by atoms with Crippen molar-refractivity contribution >= 4 is 16.9 Å². The van der Waals surface area contributed by atoms with Gasteiger partial charge in [-0.2, -0.15) is 0 Å². The Morgan fingerprint density at radius 2 is 2.05 bits per heavy atom. The number of rotatable bonds is 4. The van der Waals surface area contributed by atoms with E-state index in [0.717, 1.165) is 16.6 Å². The van der Waals surface area contributed by atoms with E-state index in [4.69, 9.17) is 5.11 Å². The summed E-state index contributed by atoms with van der Waals surface area (Å²) in [6.45, 7) is 1.01. The van der Waals surface area contributed by atoms with Crippen LogP contribution in [0.3, 0.4) is 0 Å². The van der Waals surface area contributed by atoms with Gasteiger partial charge in [-0.1, -0.05) is 24.3 Å². The molecule has 5 heteroatoms. The van der Waals surface area contributed by atoms with Gasteiger partial charge in [0, 0.05) is 30.1 Å². The van der Waals surface area contributed by atoms with Crippen LogP contribution in [0.2, 0.25) is 0 Å². The Balaban J connectivity index is 1.71. The minimum absolute atomic E-state index is 0.0152. The number of fused-ring (bicyclic) bond motifs is 1. The molecule has 0 saturated carbocycles. The van der Waals surface area contributed by atoms with Gasteiger partial charge in [-0.15, -0.1) is 0 Å². The average Bonchev–Trinajstić information content (AvgIpc) is 2.77. The van der Waals surface area contributed by atoms with Crippen molar-refractivity contribution in [2.75, 3.05) is 19.6 Å². The molecule has 110 valence electrons. The molecule has 3 rings (SSSR count). The first-order valence-corrected chi connectivity index (χ1v) is 7.09. The number of likely N-dealkylation sites (tertiary alicyclic amines) is 1. The molecule has 0 spiro atoms. The monoisotopic (exact) mass is 286 g/mol. The van der Waals surface area contributed by atoms with E-state index < -0.39 is 12.1 Å². The van der Waals surface area contributed by atoms with Crippen molar-refractivity contribution < 1.29 is 15.0 Å². The second-order valence-electron chi connectivity index (χ2n) is 5.61. The van der Waals surface area contributed by atoms with Crippen LogP contribution in [0.15, 0.2) is 36.4 Å². The van der Waals surface area contributed by atoms with Crippen LogP contribution in [0.1, 0.15) is 5.69 Å². The van der Waals surface area contributed by atoms with Gasteiger partial charge in [0.25, 0.3) is 0 Å². The molecule has 1 fully saturated rings. The molecule has 2 aromatic rings. The van der Waals surface area contributed by atoms with Crippen molar-refractivity contribution in [1.29, 1.82) is 0 Å². The van der Waals surface area contributed by atoms with Crippen LogP contribution in [-0.4, -0.2) is 51.8 Å². The van der Waals surface area contributed by atoms with Gasteiger partial charge in [-0.25, -0.2) is 0 Å². The average molecular weight is 286 g/mol. The van der Waals surface area contributed by atoms with E-state index in [9.17, 15) is 9.90 Å². The molecule has 1 aliphatic rings. The first kappa shape index (κ1) is 14.0. The number of para-hydroxylation sites is 1. The van der Waals surface area contributed by atoms with Crippen molar-refractivity contribution in [3.63, 3.8) is 0 Å². The van der Waals surface area contributed by atoms with Gasteiger partial charge in [0.2, 0.25) is 0 Å². The number of nitrogens with zero attached hydrogens (tertiary/aromatic N) is 2. The SMILES string of the molecule is O=C(O)CN1C[C@@H](Cc2ccc3ccccc3n2)[C@H](O)C1. The predicted octanol–water partition coefficient (Wildman–Crippen LogP) is 1.15. The molecule has 0 aliphatic carbocycles. The zero-order valence-electron chi connectivity index (χ0n) is 11.6. The molecular weight excluding hydrogens is 268 g/mol. The molecule has 0 bridgehead atoms. The lowest BCUT2D eigenvalue weighted by Crippen LogP contribution is -2.28. The van der Waals surface area contributed by atoms with Gasteiger partial charge in [0.1, 0.15) is 0 Å². The van der Waals surface area contributed by atoms with E-state index in [2.05, 4.69) is 4.98 Å². The molecule has 0 amide bonds. The highest BCUT2D eigenvalue weighted by atomic mass is 16.4. The standard InChI is InChI=1S/C16H18N2O3/c19-15-9-18(10-16(20)21)8-12(15)7-13-6-5-11-3-1-2-4-14(11)17-13/h1-6,12,15,19H,7-10H2,(H,20,21)/t12-,15-/m1/s1. The van der Waals surface area contributed by atoms with Gasteiger partial charge in [-0.3, -0.25) is 14.7 Å². The summed E-state index contributed by atoms with van der Waals surface area (Å²) in [6.07, 6.45) is 0.180. The van der Waals surface area contributed by atoms with Crippen molar-refractivity contribution in [3.05, 3.63) is 42.1 Å². The van der Waals surface area contributed by atoms with E-state index in [1.165, 1.54) is 0 Å². The Kier molecular flexibility index (Phi) is 3.86. The fraction of sp³-hybridized carbons (Fsp3) is 0.375. The first-order valence-electron chi connectivity index (χ1n) is 7.09. The fourth-order valence-electron chi connectivity index (χ4n) is 2.95. The van der Waals surface area contributed by atoms with E-state index in [-0.39, 0.29) is 12.5 Å². The molecule has 2 N–H and O–H groups in total. The van der Waals surface area contributed by atoms with Gasteiger partial charge in [-0.05, 0) is 18.6 Å². The molecule has 0 unspecified atom stereocenters. The number of aliphatic carboxylic acids is 1. The first-order chi connectivity index (χ1) is 10.1. The summed E-state index contributed by atoms with van der Waals surface area (Å²) in [7, 11) is 0. The smallest absolute Gasteiger partial charge is 0.317 e. The summed E-state index contributed by atoms with van der Waals surface area (Å²) < 4.78 is 0. The maximum Gasteiger partial charge on any atom is 0.317 e. The van der Waals surface area contributed by atoms with Crippen molar-refractivity contribution in [2.45, 2.75) is 12.5 Å². The van der Waals surface area contributed by atoms with Crippen molar-refractivity contribution in [2.24, 2.45) is 5.92 Å². The summed E-state index contributed by atoms with van der Waals surface area (Å²) in [5, 5.41) is 20.0. The van der Waals surface area contributed by atoms with Crippen molar-refractivity contribution in [1.82, 2.24) is 9.88 Å². The number of pyridine rings is 1. The summed E-state index contributed by atoms with van der Waals surface area (Å²) in [6, 6.07) is 11.9. The molecular formula is C16H18N2O3. The van der Waals surface area contributed by atoms with Crippen LogP contribution in [0.25, 0.3) is 10.9 Å². The summed E-state index contributed by atoms with van der Waals surface area (Å²) in [4.78, 5) is 17.1. The highest BCUT2D eigenvalue weighted by molar-refractivity contribution is 5.78. The minimum atomic E-state index is -0.855. The molecule has 1 aliphatic heterocycles. The number of carboxylic acid groups (broad SMARTS) is 1. The van der Waals surface area contributed by atoms with Crippen LogP contribution in [0, 0.1) is 5.92 Å². The van der Waals surface area contributed by atoms with E-state index in [0.29, 0.717) is 19.5 Å². The molecule has 1 aromatic heterocycles. The lowest BCUT2D eigenvalue weighted by Gasteiger charge is -2.13. The number of hydrogen-bond donors (Lipinski definition) is 2. The highest BCUT2D eigenvalue weighted by Crippen LogP contribution is 2.22. The minimum Gasteiger partial charge on any atom is -0.480 e. The Bertz CT molecular complexity index is 659. The zero-order chi connectivity index (χ0) is 14.8. The quantitative estimate of drug-likeness (QED) is 0.882. The van der Waals surface area contributed by atoms with Gasteiger partial charge < -0.3 is 10.2 Å². The molecule has 1 aromatic carbocycles. The molecule has 5 nitrogen and oxygen atoms in total. The summed E-state index contributed by atoms with van der Waals surface area (Å²) in [5.74, 6) is -0.815. The molecule has 0 radical (unpaired) electrons. The number of aliphatic hydroxyl groups excluding tert-OH is 1. The molecule has 1 saturated heterocycles. The number of aliphatic hydroxyl groups is 1. The number of carbonyl (C=O) groups is 1. The molecule has 2 atom stereocenters. The van der Waals surface area contributed by atoms with Crippen LogP contribution in [0.4, 0.5) is 0 Å². The van der Waals surface area contributed by atoms with E-state index >= 15 is 0 Å². The van der Waals surface area contributed by atoms with E-state index in [1.807, 2.05) is 36.4 Å². The third-order valence-electron chi connectivity index (χ3n) is 3.97. The Morgan fingerprint density at radius 1 is 1.24 bits per heavy atom. The number of carboxylic acids is 1. The topological polar surface area (TPSA) is 73.7 Å². The molecule has 2 heterocycles. The van der Waals surface area contributed by atoms with Gasteiger partial charge >= 0.3 is 5.97 Å². The summed E-state index contributed by atoms with van der Waals surface area (Å²) >= 11 is 0. The maximum absolute atomic E-state index is 10.7. The third-order valence-corrected chi connectivity index (χ3v) is 3.97. The van der Waals surface area contributed by atoms with Crippen LogP contribution >= 0.6 is 0 Å². The number of benzene rings is 1. The normalized spacial score (nSPS) is 22.7. The Labute approximate surface area is 122 Å².